The topological polar surface area (TPSA) is 146 Å². The van der Waals surface area contributed by atoms with Crippen molar-refractivity contribution in [3.63, 3.8) is 0 Å². The highest BCUT2D eigenvalue weighted by Gasteiger charge is 2.23. The summed E-state index contributed by atoms with van der Waals surface area (Å²) in [6.07, 6.45) is 0.780. The van der Waals surface area contributed by atoms with Gasteiger partial charge in [-0.25, -0.2) is 10.5 Å². The van der Waals surface area contributed by atoms with Crippen LogP contribution in [0.1, 0.15) is 0 Å². The van der Waals surface area contributed by atoms with Crippen LogP contribution in [0.25, 0.3) is 0 Å². The van der Waals surface area contributed by atoms with Crippen LogP contribution in [-0.2, 0) is 16.3 Å². The molecule has 18 heavy (non-hydrogen) atoms. The first-order valence-electron chi connectivity index (χ1n) is 4.98. The molecule has 10 nitrogen and oxygen atoms in total. The molecule has 102 valence electrons. The lowest BCUT2D eigenvalue weighted by Crippen LogP contribution is -2.39. The zero-order valence-corrected chi connectivity index (χ0v) is 9.38. The Kier molecular flexibility index (Phi) is 5.61. The molecule has 0 aliphatic heterocycles. The Morgan fingerprint density at radius 2 is 2.17 bits per heavy atom. The van der Waals surface area contributed by atoms with Crippen molar-refractivity contribution in [2.24, 2.45) is 5.90 Å². The van der Waals surface area contributed by atoms with Crippen LogP contribution >= 0.6 is 0 Å². The zero-order valence-electron chi connectivity index (χ0n) is 9.38. The fourth-order valence-corrected chi connectivity index (χ4v) is 1.28. The molecule has 1 aromatic heterocycles. The number of nitrogens with two attached hydrogens (primary N) is 1. The molecule has 0 aromatic carbocycles. The number of aliphatic hydroxyl groups is 2. The van der Waals surface area contributed by atoms with Gasteiger partial charge in [-0.1, -0.05) is 4.98 Å². The van der Waals surface area contributed by atoms with Crippen molar-refractivity contribution in [1.82, 2.24) is 9.55 Å². The molecule has 0 saturated carbocycles. The molecule has 0 saturated heterocycles. The maximum atomic E-state index is 10.6. The van der Waals surface area contributed by atoms with Gasteiger partial charge < -0.3 is 25.1 Å². The van der Waals surface area contributed by atoms with E-state index in [1.807, 2.05) is 0 Å². The second kappa shape index (κ2) is 6.98. The van der Waals surface area contributed by atoms with E-state index in [0.717, 1.165) is 4.57 Å². The van der Waals surface area contributed by atoms with Gasteiger partial charge in [-0.15, -0.1) is 0 Å². The van der Waals surface area contributed by atoms with Crippen LogP contribution in [-0.4, -0.2) is 50.1 Å². The van der Waals surface area contributed by atoms with E-state index in [9.17, 15) is 10.1 Å². The van der Waals surface area contributed by atoms with Crippen molar-refractivity contribution in [2.45, 2.75) is 18.9 Å². The van der Waals surface area contributed by atoms with E-state index < -0.39 is 30.3 Å². The third-order valence-corrected chi connectivity index (χ3v) is 2.23. The molecule has 0 aliphatic rings. The lowest BCUT2D eigenvalue weighted by molar-refractivity contribution is -0.397. The number of aromatic nitrogens is 2. The van der Waals surface area contributed by atoms with E-state index in [0.29, 0.717) is 0 Å². The van der Waals surface area contributed by atoms with Crippen LogP contribution in [0.2, 0.25) is 0 Å². The number of nitrogens with zero attached hydrogens (tertiary/aromatic N) is 3. The predicted octanol–water partition coefficient (Wildman–Crippen LogP) is -1.62. The summed E-state index contributed by atoms with van der Waals surface area (Å²) in [5.41, 5.74) is 0. The molecule has 0 radical (unpaired) electrons. The van der Waals surface area contributed by atoms with Crippen LogP contribution in [0, 0.1) is 10.1 Å². The molecule has 2 atom stereocenters. The van der Waals surface area contributed by atoms with Crippen molar-refractivity contribution in [3.8, 4) is 0 Å². The Balaban J connectivity index is 2.62. The molecule has 0 bridgehead atoms. The predicted molar refractivity (Wildman–Crippen MR) is 57.0 cm³/mol. The fourth-order valence-electron chi connectivity index (χ4n) is 1.28. The van der Waals surface area contributed by atoms with E-state index in [1.165, 1.54) is 12.4 Å². The van der Waals surface area contributed by atoms with E-state index in [-0.39, 0.29) is 12.7 Å². The number of ether oxygens (including phenoxy) is 1. The number of hydrogen-bond donors (Lipinski definition) is 3. The van der Waals surface area contributed by atoms with Crippen LogP contribution in [0.4, 0.5) is 5.95 Å². The first kappa shape index (κ1) is 14.5. The largest absolute Gasteiger partial charge is 0.436 e. The van der Waals surface area contributed by atoms with Gasteiger partial charge in [-0.3, -0.25) is 4.84 Å². The average Bonchev–Trinajstić information content (AvgIpc) is 2.83. The van der Waals surface area contributed by atoms with Crippen LogP contribution in [0.15, 0.2) is 12.4 Å². The highest BCUT2D eigenvalue weighted by Crippen LogP contribution is 2.09. The van der Waals surface area contributed by atoms with Gasteiger partial charge in [0.05, 0.1) is 13.2 Å². The summed E-state index contributed by atoms with van der Waals surface area (Å²) in [6, 6.07) is 0. The van der Waals surface area contributed by atoms with E-state index in [4.69, 9.17) is 20.8 Å². The Hall–Kier alpha value is -1.59. The Bertz CT molecular complexity index is 379. The summed E-state index contributed by atoms with van der Waals surface area (Å²) >= 11 is 0. The SMILES string of the molecule is NOC(CO)C(CO)OCn1ccnc1[N+](=O)[O-]. The van der Waals surface area contributed by atoms with Crippen LogP contribution < -0.4 is 5.90 Å². The molecule has 10 heteroatoms. The van der Waals surface area contributed by atoms with E-state index >= 15 is 0 Å². The maximum absolute atomic E-state index is 10.6. The normalized spacial score (nSPS) is 14.4. The van der Waals surface area contributed by atoms with Gasteiger partial charge in [0.1, 0.15) is 24.6 Å². The number of nitro groups is 1. The maximum Gasteiger partial charge on any atom is 0.436 e. The Morgan fingerprint density at radius 3 is 2.67 bits per heavy atom. The quantitative estimate of drug-likeness (QED) is 0.374. The molecular weight excluding hydrogens is 248 g/mol. The van der Waals surface area contributed by atoms with Gasteiger partial charge in [-0.05, 0) is 4.92 Å². The van der Waals surface area contributed by atoms with Crippen molar-refractivity contribution in [1.29, 1.82) is 0 Å². The summed E-state index contributed by atoms with van der Waals surface area (Å²) in [6.45, 7) is -1.12. The van der Waals surface area contributed by atoms with Crippen molar-refractivity contribution < 1.29 is 24.7 Å². The highest BCUT2D eigenvalue weighted by atomic mass is 16.6. The average molecular weight is 262 g/mol. The summed E-state index contributed by atoms with van der Waals surface area (Å²) in [4.78, 5) is 17.8. The number of aliphatic hydroxyl groups excluding tert-OH is 2. The van der Waals surface area contributed by atoms with Gasteiger partial charge in [0, 0.05) is 0 Å². The van der Waals surface area contributed by atoms with Gasteiger partial charge in [0.15, 0.2) is 6.73 Å². The van der Waals surface area contributed by atoms with Crippen molar-refractivity contribution in [2.75, 3.05) is 13.2 Å². The standard InChI is InChI=1S/C8H14N4O6/c9-18-7(4-14)6(3-13)17-5-11-2-1-10-8(11)12(15)16/h1-2,6-7,13-14H,3-5,9H2. The summed E-state index contributed by atoms with van der Waals surface area (Å²) in [5, 5.41) is 28.5. The molecule has 1 heterocycles. The van der Waals surface area contributed by atoms with Gasteiger partial charge in [-0.2, -0.15) is 0 Å². The molecule has 0 fully saturated rings. The second-order valence-corrected chi connectivity index (χ2v) is 3.33. The first-order chi connectivity index (χ1) is 8.63. The smallest absolute Gasteiger partial charge is 0.394 e. The van der Waals surface area contributed by atoms with Gasteiger partial charge in [0.25, 0.3) is 0 Å². The van der Waals surface area contributed by atoms with Crippen LogP contribution in [0.5, 0.6) is 0 Å². The molecule has 0 amide bonds. The molecule has 2 unspecified atom stereocenters. The molecular formula is C8H14N4O6. The molecule has 0 aliphatic carbocycles. The summed E-state index contributed by atoms with van der Waals surface area (Å²) < 4.78 is 6.31. The third-order valence-electron chi connectivity index (χ3n) is 2.23. The first-order valence-corrected chi connectivity index (χ1v) is 4.98. The molecule has 0 spiro atoms. The Labute approximate surface area is 102 Å². The zero-order chi connectivity index (χ0) is 13.5. The minimum absolute atomic E-state index is 0.221. The van der Waals surface area contributed by atoms with Crippen LogP contribution in [0.3, 0.4) is 0 Å². The van der Waals surface area contributed by atoms with Gasteiger partial charge in [0.2, 0.25) is 0 Å². The minimum Gasteiger partial charge on any atom is -0.394 e. The number of rotatable bonds is 8. The van der Waals surface area contributed by atoms with Crippen molar-refractivity contribution >= 4 is 5.95 Å². The second-order valence-electron chi connectivity index (χ2n) is 3.33. The summed E-state index contributed by atoms with van der Waals surface area (Å²) in [5.74, 6) is 4.52. The third kappa shape index (κ3) is 3.45. The lowest BCUT2D eigenvalue weighted by atomic mass is 10.2. The molecule has 4 N–H and O–H groups in total. The van der Waals surface area contributed by atoms with Crippen molar-refractivity contribution in [3.05, 3.63) is 22.5 Å². The number of hydrogen-bond acceptors (Lipinski definition) is 8. The molecule has 1 aromatic rings. The Morgan fingerprint density at radius 1 is 1.50 bits per heavy atom. The summed E-state index contributed by atoms with van der Waals surface area (Å²) in [7, 11) is 0. The lowest BCUT2D eigenvalue weighted by Gasteiger charge is -2.21. The molecule has 1 rings (SSSR count). The highest BCUT2D eigenvalue weighted by molar-refractivity contribution is 5.05. The fraction of sp³-hybridized carbons (Fsp3) is 0.625. The number of imidazole rings is 1. The van der Waals surface area contributed by atoms with E-state index in [1.54, 1.807) is 0 Å². The monoisotopic (exact) mass is 262 g/mol. The minimum atomic E-state index is -0.919. The van der Waals surface area contributed by atoms with E-state index in [2.05, 4.69) is 9.82 Å². The van der Waals surface area contributed by atoms with Gasteiger partial charge >= 0.3 is 5.95 Å².